The van der Waals surface area contributed by atoms with Gasteiger partial charge in [0.2, 0.25) is 0 Å². The molecule has 0 aromatic rings. The average molecular weight is 365 g/mol. The molecule has 142 valence electrons. The molecule has 0 unspecified atom stereocenters. The molecule has 0 aromatic carbocycles. The largest absolute Gasteiger partial charge is 0.413 e. The van der Waals surface area contributed by atoms with Crippen molar-refractivity contribution in [2.24, 2.45) is 5.41 Å². The summed E-state index contributed by atoms with van der Waals surface area (Å²) in [5.74, 6) is 0. The van der Waals surface area contributed by atoms with Crippen molar-refractivity contribution in [2.45, 2.75) is 114 Å². The second-order valence-electron chi connectivity index (χ2n) is 10.8. The molecule has 5 atom stereocenters. The van der Waals surface area contributed by atoms with Crippen molar-refractivity contribution >= 4 is 8.32 Å². The highest BCUT2D eigenvalue weighted by Crippen LogP contribution is 2.77. The van der Waals surface area contributed by atoms with Crippen LogP contribution < -0.4 is 0 Å². The molecule has 4 aliphatic rings. The standard InChI is InChI=1S/C21H36O3Si/c1-17(2,3)25(5,6)23-16-10-13-20-18(16,4)14-15-19(22)11-8-7-9-12-21(19,20)24-20/h7,9,16,22H,8,10-15H2,1-6H3/t16-,18+,19-,20+,21-/m0/s1. The van der Waals surface area contributed by atoms with Crippen LogP contribution in [-0.2, 0) is 9.16 Å². The van der Waals surface area contributed by atoms with E-state index >= 15 is 0 Å². The Balaban J connectivity index is 1.66. The molecule has 0 amide bonds. The second kappa shape index (κ2) is 5.01. The molecule has 0 aromatic heterocycles. The Labute approximate surface area is 154 Å². The predicted octanol–water partition coefficient (Wildman–Crippen LogP) is 4.95. The summed E-state index contributed by atoms with van der Waals surface area (Å²) in [5.41, 5.74) is -1.14. The first-order valence-electron chi connectivity index (χ1n) is 10.2. The lowest BCUT2D eigenvalue weighted by molar-refractivity contribution is -0.0817. The van der Waals surface area contributed by atoms with Crippen LogP contribution in [-0.4, -0.2) is 36.3 Å². The highest BCUT2D eigenvalue weighted by Gasteiger charge is 2.87. The summed E-state index contributed by atoms with van der Waals surface area (Å²) in [6.07, 6.45) is 11.4. The summed E-state index contributed by atoms with van der Waals surface area (Å²) in [4.78, 5) is 0. The average Bonchev–Trinajstić information content (AvgIpc) is 3.15. The van der Waals surface area contributed by atoms with Gasteiger partial charge >= 0.3 is 0 Å². The van der Waals surface area contributed by atoms with E-state index in [1.54, 1.807) is 0 Å². The van der Waals surface area contributed by atoms with Gasteiger partial charge in [-0.2, -0.15) is 0 Å². The van der Waals surface area contributed by atoms with Crippen molar-refractivity contribution in [1.29, 1.82) is 0 Å². The number of ether oxygens (including phenoxy) is 1. The van der Waals surface area contributed by atoms with Gasteiger partial charge in [0.25, 0.3) is 0 Å². The number of allylic oxidation sites excluding steroid dienone is 1. The van der Waals surface area contributed by atoms with Crippen LogP contribution in [0.2, 0.25) is 18.1 Å². The zero-order chi connectivity index (χ0) is 18.4. The zero-order valence-corrected chi connectivity index (χ0v) is 17.9. The lowest BCUT2D eigenvalue weighted by Gasteiger charge is -2.49. The fourth-order valence-electron chi connectivity index (χ4n) is 5.94. The monoisotopic (exact) mass is 364 g/mol. The minimum atomic E-state index is -1.81. The minimum absolute atomic E-state index is 0.0347. The molecule has 0 bridgehead atoms. The van der Waals surface area contributed by atoms with Gasteiger partial charge in [0.05, 0.1) is 11.7 Å². The molecule has 25 heavy (non-hydrogen) atoms. The second-order valence-corrected chi connectivity index (χ2v) is 15.6. The zero-order valence-electron chi connectivity index (χ0n) is 16.9. The normalized spacial score (nSPS) is 49.2. The Morgan fingerprint density at radius 1 is 1.08 bits per heavy atom. The fraction of sp³-hybridized carbons (Fsp3) is 0.905. The molecule has 4 heteroatoms. The van der Waals surface area contributed by atoms with E-state index in [0.29, 0.717) is 0 Å². The van der Waals surface area contributed by atoms with Gasteiger partial charge in [0.1, 0.15) is 11.2 Å². The van der Waals surface area contributed by atoms with Crippen molar-refractivity contribution in [1.82, 2.24) is 0 Å². The Kier molecular flexibility index (Phi) is 3.65. The highest BCUT2D eigenvalue weighted by molar-refractivity contribution is 6.74. The van der Waals surface area contributed by atoms with E-state index in [2.05, 4.69) is 52.9 Å². The predicted molar refractivity (Wildman–Crippen MR) is 103 cm³/mol. The molecule has 1 aliphatic heterocycles. The molecule has 1 N–H and O–H groups in total. The highest BCUT2D eigenvalue weighted by atomic mass is 28.4. The van der Waals surface area contributed by atoms with Crippen LogP contribution in [0.25, 0.3) is 0 Å². The third-order valence-corrected chi connectivity index (χ3v) is 13.2. The van der Waals surface area contributed by atoms with Crippen molar-refractivity contribution in [3.8, 4) is 0 Å². The summed E-state index contributed by atoms with van der Waals surface area (Å²) in [7, 11) is -1.81. The van der Waals surface area contributed by atoms with Crippen LogP contribution in [0.1, 0.15) is 72.6 Å². The molecule has 0 radical (unpaired) electrons. The Morgan fingerprint density at radius 2 is 1.80 bits per heavy atom. The topological polar surface area (TPSA) is 42.0 Å². The van der Waals surface area contributed by atoms with Gasteiger partial charge in [-0.05, 0) is 56.7 Å². The summed E-state index contributed by atoms with van der Waals surface area (Å²) < 4.78 is 13.6. The number of rotatable bonds is 2. The molecule has 3 fully saturated rings. The maximum Gasteiger partial charge on any atom is 0.192 e. The van der Waals surface area contributed by atoms with Crippen LogP contribution in [0.15, 0.2) is 12.2 Å². The van der Waals surface area contributed by atoms with Crippen molar-refractivity contribution in [2.75, 3.05) is 0 Å². The summed E-state index contributed by atoms with van der Waals surface area (Å²) in [6.45, 7) is 14.1. The van der Waals surface area contributed by atoms with Gasteiger partial charge in [-0.15, -0.1) is 0 Å². The van der Waals surface area contributed by atoms with E-state index in [9.17, 15) is 5.11 Å². The molecule has 1 saturated heterocycles. The maximum atomic E-state index is 11.5. The molecule has 2 saturated carbocycles. The Morgan fingerprint density at radius 3 is 2.48 bits per heavy atom. The first-order chi connectivity index (χ1) is 11.4. The van der Waals surface area contributed by atoms with Gasteiger partial charge in [-0.3, -0.25) is 0 Å². The first-order valence-corrected chi connectivity index (χ1v) is 13.1. The lowest BCUT2D eigenvalue weighted by Crippen LogP contribution is -2.60. The third-order valence-electron chi connectivity index (χ3n) is 8.70. The minimum Gasteiger partial charge on any atom is -0.413 e. The fourth-order valence-corrected chi connectivity index (χ4v) is 7.38. The first kappa shape index (κ1) is 18.2. The number of hydrogen-bond acceptors (Lipinski definition) is 3. The van der Waals surface area contributed by atoms with E-state index in [1.807, 2.05) is 0 Å². The van der Waals surface area contributed by atoms with Gasteiger partial charge in [-0.25, -0.2) is 0 Å². The SMILES string of the molecule is CC(C)(C)[Si](C)(C)O[C@H]1CC[C@]23O[C@]24CC=CCC[C@]4(O)CC[C@]13C. The Bertz CT molecular complexity index is 609. The summed E-state index contributed by atoms with van der Waals surface area (Å²) >= 11 is 0. The lowest BCUT2D eigenvalue weighted by atomic mass is 9.56. The number of aliphatic hydroxyl groups is 1. The van der Waals surface area contributed by atoms with Crippen LogP contribution in [0.5, 0.6) is 0 Å². The molecule has 3 aliphatic carbocycles. The molecule has 3 nitrogen and oxygen atoms in total. The number of epoxide rings is 1. The molecular weight excluding hydrogens is 328 g/mol. The number of hydrogen-bond donors (Lipinski definition) is 1. The Hall–Kier alpha value is -0.163. The molecule has 2 spiro atoms. The molecule has 4 rings (SSSR count). The third kappa shape index (κ3) is 2.08. The van der Waals surface area contributed by atoms with Crippen molar-refractivity contribution in [3.05, 3.63) is 12.2 Å². The molecule has 1 heterocycles. The van der Waals surface area contributed by atoms with Gasteiger partial charge < -0.3 is 14.3 Å². The van der Waals surface area contributed by atoms with Crippen molar-refractivity contribution < 1.29 is 14.3 Å². The van der Waals surface area contributed by atoms with Crippen LogP contribution >= 0.6 is 0 Å². The van der Waals surface area contributed by atoms with Gasteiger partial charge in [0, 0.05) is 11.8 Å². The van der Waals surface area contributed by atoms with E-state index in [0.717, 1.165) is 44.9 Å². The van der Waals surface area contributed by atoms with Crippen LogP contribution in [0, 0.1) is 5.41 Å². The molecular formula is C21H36O3Si. The van der Waals surface area contributed by atoms with E-state index < -0.39 is 13.9 Å². The smallest absolute Gasteiger partial charge is 0.192 e. The summed E-state index contributed by atoms with van der Waals surface area (Å²) in [5, 5.41) is 11.7. The maximum absolute atomic E-state index is 11.5. The van der Waals surface area contributed by atoms with Gasteiger partial charge in [0.15, 0.2) is 8.32 Å². The quantitative estimate of drug-likeness (QED) is 0.428. The summed E-state index contributed by atoms with van der Waals surface area (Å²) in [6, 6.07) is 0. The van der Waals surface area contributed by atoms with Gasteiger partial charge in [-0.1, -0.05) is 39.8 Å². The van der Waals surface area contributed by atoms with Crippen LogP contribution in [0.4, 0.5) is 0 Å². The van der Waals surface area contributed by atoms with E-state index in [1.165, 1.54) is 0 Å². The van der Waals surface area contributed by atoms with E-state index in [4.69, 9.17) is 9.16 Å². The van der Waals surface area contributed by atoms with Crippen LogP contribution in [0.3, 0.4) is 0 Å². The van der Waals surface area contributed by atoms with E-state index in [-0.39, 0.29) is 27.8 Å². The van der Waals surface area contributed by atoms with Crippen molar-refractivity contribution in [3.63, 3.8) is 0 Å².